The average molecular weight is 388 g/mol. The van der Waals surface area contributed by atoms with Gasteiger partial charge in [0.1, 0.15) is 11.9 Å². The van der Waals surface area contributed by atoms with Crippen LogP contribution in [-0.2, 0) is 0 Å². The van der Waals surface area contributed by atoms with Gasteiger partial charge in [-0.2, -0.15) is 4.98 Å². The summed E-state index contributed by atoms with van der Waals surface area (Å²) in [5, 5.41) is 7.50. The molecule has 1 heterocycles. The number of nitrogens with one attached hydrogen (secondary N) is 1. The maximum Gasteiger partial charge on any atom is 0.252 e. The lowest BCUT2D eigenvalue weighted by molar-refractivity contribution is 0.0909. The van der Waals surface area contributed by atoms with Crippen molar-refractivity contribution < 1.29 is 13.7 Å². The Morgan fingerprint density at radius 3 is 2.67 bits per heavy atom. The van der Waals surface area contributed by atoms with Crippen molar-refractivity contribution in [3.05, 3.63) is 70.8 Å². The van der Waals surface area contributed by atoms with Crippen LogP contribution >= 0.6 is 11.6 Å². The third-order valence-corrected chi connectivity index (χ3v) is 4.65. The van der Waals surface area contributed by atoms with Crippen molar-refractivity contribution in [3.8, 4) is 11.4 Å². The van der Waals surface area contributed by atoms with E-state index in [9.17, 15) is 9.18 Å². The third-order valence-electron chi connectivity index (χ3n) is 4.40. The molecule has 1 N–H and O–H groups in total. The Morgan fingerprint density at radius 2 is 2.00 bits per heavy atom. The topological polar surface area (TPSA) is 68.0 Å². The zero-order valence-electron chi connectivity index (χ0n) is 14.9. The Morgan fingerprint density at radius 1 is 1.26 bits per heavy atom. The maximum atomic E-state index is 13.4. The molecule has 5 nitrogen and oxygen atoms in total. The molecule has 0 bridgehead atoms. The van der Waals surface area contributed by atoms with Gasteiger partial charge in [0.05, 0.1) is 0 Å². The fraction of sp³-hybridized carbons (Fsp3) is 0.250. The van der Waals surface area contributed by atoms with Crippen LogP contribution < -0.4 is 5.32 Å². The van der Waals surface area contributed by atoms with Gasteiger partial charge in [-0.3, -0.25) is 4.79 Å². The number of rotatable bonds is 6. The van der Waals surface area contributed by atoms with E-state index in [1.165, 1.54) is 18.2 Å². The minimum Gasteiger partial charge on any atom is -0.340 e. The van der Waals surface area contributed by atoms with E-state index in [2.05, 4.69) is 15.5 Å². The molecular formula is C20H19ClFN3O2. The number of halogens is 2. The van der Waals surface area contributed by atoms with Crippen molar-refractivity contribution in [1.29, 1.82) is 0 Å². The molecule has 0 fully saturated rings. The highest BCUT2D eigenvalue weighted by Crippen LogP contribution is 2.26. The molecule has 3 rings (SSSR count). The number of hydrogen-bond acceptors (Lipinski definition) is 4. The average Bonchev–Trinajstić information content (AvgIpc) is 3.15. The van der Waals surface area contributed by atoms with Gasteiger partial charge in [-0.05, 0) is 48.4 Å². The minimum absolute atomic E-state index is 0.0426. The van der Waals surface area contributed by atoms with Crippen LogP contribution in [0.25, 0.3) is 11.4 Å². The first kappa shape index (κ1) is 19.0. The van der Waals surface area contributed by atoms with Crippen LogP contribution in [0.2, 0.25) is 5.02 Å². The second-order valence-electron chi connectivity index (χ2n) is 6.31. The molecule has 7 heteroatoms. The molecule has 0 unspecified atom stereocenters. The van der Waals surface area contributed by atoms with E-state index >= 15 is 0 Å². The van der Waals surface area contributed by atoms with Gasteiger partial charge in [-0.15, -0.1) is 0 Å². The van der Waals surface area contributed by atoms with Crippen molar-refractivity contribution in [2.45, 2.75) is 26.3 Å². The lowest BCUT2D eigenvalue weighted by Crippen LogP contribution is -2.32. The molecule has 0 aliphatic heterocycles. The van der Waals surface area contributed by atoms with Crippen LogP contribution in [0.15, 0.2) is 53.1 Å². The van der Waals surface area contributed by atoms with Gasteiger partial charge in [-0.1, -0.05) is 43.1 Å². The molecule has 2 aromatic carbocycles. The first-order chi connectivity index (χ1) is 13.0. The van der Waals surface area contributed by atoms with E-state index < -0.39 is 17.8 Å². The van der Waals surface area contributed by atoms with Crippen molar-refractivity contribution in [1.82, 2.24) is 15.5 Å². The Hall–Kier alpha value is -2.73. The van der Waals surface area contributed by atoms with Gasteiger partial charge < -0.3 is 9.84 Å². The number of nitrogens with zero attached hydrogens (tertiary/aromatic N) is 2. The van der Waals surface area contributed by atoms with Gasteiger partial charge in [-0.25, -0.2) is 4.39 Å². The van der Waals surface area contributed by atoms with E-state index in [1.807, 2.05) is 13.8 Å². The van der Waals surface area contributed by atoms with Gasteiger partial charge in [0.2, 0.25) is 11.7 Å². The molecule has 3 aromatic rings. The smallest absolute Gasteiger partial charge is 0.252 e. The maximum absolute atomic E-state index is 13.4. The summed E-state index contributed by atoms with van der Waals surface area (Å²) in [5.74, 6) is -0.105. The van der Waals surface area contributed by atoms with Crippen molar-refractivity contribution in [2.75, 3.05) is 0 Å². The summed E-state index contributed by atoms with van der Waals surface area (Å²) in [4.78, 5) is 17.0. The highest BCUT2D eigenvalue weighted by atomic mass is 35.5. The minimum atomic E-state index is -0.487. The van der Waals surface area contributed by atoms with Gasteiger partial charge >= 0.3 is 0 Å². The number of aromatic nitrogens is 2. The second-order valence-corrected chi connectivity index (χ2v) is 6.75. The second kappa shape index (κ2) is 8.31. The number of carbonyl (C=O) groups excluding carboxylic acids is 1. The zero-order chi connectivity index (χ0) is 19.4. The third kappa shape index (κ3) is 4.52. The fourth-order valence-electron chi connectivity index (χ4n) is 2.62. The van der Waals surface area contributed by atoms with Crippen molar-refractivity contribution in [3.63, 3.8) is 0 Å². The van der Waals surface area contributed by atoms with Crippen LogP contribution in [0.1, 0.15) is 42.6 Å². The zero-order valence-corrected chi connectivity index (χ0v) is 15.7. The molecule has 0 radical (unpaired) electrons. The molecule has 0 spiro atoms. The van der Waals surface area contributed by atoms with Gasteiger partial charge in [0.25, 0.3) is 5.91 Å². The molecular weight excluding hydrogens is 369 g/mol. The van der Waals surface area contributed by atoms with E-state index in [0.717, 1.165) is 12.0 Å². The predicted molar refractivity (Wildman–Crippen MR) is 101 cm³/mol. The summed E-state index contributed by atoms with van der Waals surface area (Å²) in [6.45, 7) is 3.98. The lowest BCUT2D eigenvalue weighted by Gasteiger charge is -2.20. The lowest BCUT2D eigenvalue weighted by atomic mass is 9.98. The molecule has 0 aliphatic carbocycles. The molecule has 1 amide bonds. The molecule has 2 atom stereocenters. The summed E-state index contributed by atoms with van der Waals surface area (Å²) in [5.41, 5.74) is 0.995. The SMILES string of the molecule is CC[C@@H](C)[C@@H](NC(=O)c1cccc(F)c1)c1nc(-c2ccc(Cl)cc2)no1. The number of hydrogen-bond donors (Lipinski definition) is 1. The van der Waals surface area contributed by atoms with Crippen LogP contribution in [-0.4, -0.2) is 16.0 Å². The van der Waals surface area contributed by atoms with Crippen LogP contribution in [0.5, 0.6) is 0 Å². The first-order valence-corrected chi connectivity index (χ1v) is 9.01. The molecule has 1 aromatic heterocycles. The number of benzene rings is 2. The summed E-state index contributed by atoms with van der Waals surface area (Å²) < 4.78 is 18.8. The summed E-state index contributed by atoms with van der Waals surface area (Å²) in [7, 11) is 0. The highest BCUT2D eigenvalue weighted by molar-refractivity contribution is 6.30. The Kier molecular flexibility index (Phi) is 5.86. The fourth-order valence-corrected chi connectivity index (χ4v) is 2.74. The van der Waals surface area contributed by atoms with E-state index in [1.54, 1.807) is 30.3 Å². The standard InChI is InChI=1S/C20H19ClFN3O2/c1-3-12(2)17(23-19(26)14-5-4-6-16(22)11-14)20-24-18(25-27-20)13-7-9-15(21)10-8-13/h4-12,17H,3H2,1-2H3,(H,23,26)/t12-,17-/m1/s1. The number of amides is 1. The molecule has 140 valence electrons. The Balaban J connectivity index is 1.85. The van der Waals surface area contributed by atoms with Gasteiger partial charge in [0, 0.05) is 16.1 Å². The monoisotopic (exact) mass is 387 g/mol. The first-order valence-electron chi connectivity index (χ1n) is 8.64. The largest absolute Gasteiger partial charge is 0.340 e. The molecule has 0 saturated carbocycles. The molecule has 0 aliphatic rings. The number of carbonyl (C=O) groups is 1. The van der Waals surface area contributed by atoms with E-state index in [0.29, 0.717) is 16.7 Å². The van der Waals surface area contributed by atoms with Gasteiger partial charge in [0.15, 0.2) is 0 Å². The summed E-state index contributed by atoms with van der Waals surface area (Å²) >= 11 is 5.90. The van der Waals surface area contributed by atoms with Crippen molar-refractivity contribution in [2.24, 2.45) is 5.92 Å². The normalized spacial score (nSPS) is 13.2. The van der Waals surface area contributed by atoms with Crippen molar-refractivity contribution >= 4 is 17.5 Å². The molecule has 0 saturated heterocycles. The van der Waals surface area contributed by atoms with Crippen LogP contribution in [0.4, 0.5) is 4.39 Å². The van der Waals surface area contributed by atoms with E-state index in [-0.39, 0.29) is 11.5 Å². The highest BCUT2D eigenvalue weighted by Gasteiger charge is 2.27. The quantitative estimate of drug-likeness (QED) is 0.642. The van der Waals surface area contributed by atoms with Crippen LogP contribution in [0, 0.1) is 11.7 Å². The van der Waals surface area contributed by atoms with E-state index in [4.69, 9.17) is 16.1 Å². The van der Waals surface area contributed by atoms with Crippen LogP contribution in [0.3, 0.4) is 0 Å². The summed E-state index contributed by atoms with van der Waals surface area (Å²) in [6, 6.07) is 12.1. The summed E-state index contributed by atoms with van der Waals surface area (Å²) in [6.07, 6.45) is 0.784. The Labute approximate surface area is 161 Å². The predicted octanol–water partition coefficient (Wildman–Crippen LogP) is 5.05. The Bertz CT molecular complexity index is 927. The molecule has 27 heavy (non-hydrogen) atoms.